The second-order valence-electron chi connectivity index (χ2n) is 8.00. The van der Waals surface area contributed by atoms with Gasteiger partial charge in [-0.1, -0.05) is 39.7 Å². The molecule has 0 spiro atoms. The number of amides is 1. The van der Waals surface area contributed by atoms with Gasteiger partial charge in [0, 0.05) is 28.0 Å². The van der Waals surface area contributed by atoms with E-state index in [4.69, 9.17) is 16.0 Å². The zero-order chi connectivity index (χ0) is 22.2. The van der Waals surface area contributed by atoms with Crippen molar-refractivity contribution in [1.29, 1.82) is 0 Å². The maximum atomic E-state index is 12.6. The quantitative estimate of drug-likeness (QED) is 0.415. The highest BCUT2D eigenvalue weighted by atomic mass is 79.9. The average molecular weight is 516 g/mol. The van der Waals surface area contributed by atoms with Gasteiger partial charge in [-0.3, -0.25) is 14.5 Å². The summed E-state index contributed by atoms with van der Waals surface area (Å²) < 4.78 is 6.57. The summed E-state index contributed by atoms with van der Waals surface area (Å²) in [6.07, 6.45) is 0.764. The number of aromatic amines is 1. The Kier molecular flexibility index (Phi) is 5.75. The zero-order valence-corrected chi connectivity index (χ0v) is 19.4. The third kappa shape index (κ3) is 4.30. The summed E-state index contributed by atoms with van der Waals surface area (Å²) >= 11 is 9.36. The van der Waals surface area contributed by atoms with Crippen LogP contribution in [0.5, 0.6) is 0 Å². The molecule has 1 atom stereocenters. The predicted octanol–water partition coefficient (Wildman–Crippen LogP) is 4.22. The maximum Gasteiger partial charge on any atom is 0.294 e. The molecular weight excluding hydrogens is 496 g/mol. The number of halogens is 2. The number of hydrogen-bond donors (Lipinski definition) is 2. The minimum Gasteiger partial charge on any atom is -0.449 e. The molecule has 0 radical (unpaired) electrons. The van der Waals surface area contributed by atoms with E-state index in [1.165, 1.54) is 0 Å². The van der Waals surface area contributed by atoms with Crippen LogP contribution in [0.4, 0.5) is 0 Å². The molecule has 0 bridgehead atoms. The Balaban J connectivity index is 1.26. The molecular formula is C23H20BrClN4O3. The number of H-pyrrole nitrogens is 1. The summed E-state index contributed by atoms with van der Waals surface area (Å²) in [5.74, 6) is 0.501. The van der Waals surface area contributed by atoms with Gasteiger partial charge in [0.1, 0.15) is 16.9 Å². The fraction of sp³-hybridized carbons (Fsp3) is 0.261. The van der Waals surface area contributed by atoms with Crippen molar-refractivity contribution in [2.45, 2.75) is 19.5 Å². The molecule has 1 amide bonds. The smallest absolute Gasteiger partial charge is 0.294 e. The molecule has 1 fully saturated rings. The first-order chi connectivity index (χ1) is 15.5. The van der Waals surface area contributed by atoms with Gasteiger partial charge in [0.2, 0.25) is 11.5 Å². The second-order valence-corrected chi connectivity index (χ2v) is 9.35. The molecule has 3 heterocycles. The summed E-state index contributed by atoms with van der Waals surface area (Å²) in [6, 6.07) is 13.0. The van der Waals surface area contributed by atoms with E-state index in [1.807, 2.05) is 42.5 Å². The van der Waals surface area contributed by atoms with Crippen LogP contribution in [0.3, 0.4) is 0 Å². The van der Waals surface area contributed by atoms with Gasteiger partial charge in [0.25, 0.3) is 5.56 Å². The van der Waals surface area contributed by atoms with E-state index in [9.17, 15) is 9.59 Å². The van der Waals surface area contributed by atoms with Crippen molar-refractivity contribution in [2.75, 3.05) is 13.1 Å². The number of aromatic nitrogens is 2. The van der Waals surface area contributed by atoms with Crippen LogP contribution >= 0.6 is 27.5 Å². The van der Waals surface area contributed by atoms with E-state index in [0.717, 1.165) is 28.4 Å². The van der Waals surface area contributed by atoms with E-state index >= 15 is 0 Å². The van der Waals surface area contributed by atoms with Gasteiger partial charge in [-0.15, -0.1) is 0 Å². The highest BCUT2D eigenvalue weighted by Crippen LogP contribution is 2.28. The molecule has 1 aliphatic rings. The number of rotatable bonds is 5. The molecule has 32 heavy (non-hydrogen) atoms. The van der Waals surface area contributed by atoms with Gasteiger partial charge in [-0.2, -0.15) is 0 Å². The average Bonchev–Trinajstić information content (AvgIpc) is 3.38. The third-order valence-corrected chi connectivity index (χ3v) is 6.48. The summed E-state index contributed by atoms with van der Waals surface area (Å²) in [5, 5.41) is 4.47. The van der Waals surface area contributed by atoms with Crippen molar-refractivity contribution in [2.24, 2.45) is 5.92 Å². The van der Waals surface area contributed by atoms with Crippen molar-refractivity contribution in [3.63, 3.8) is 0 Å². The lowest BCUT2D eigenvalue weighted by Crippen LogP contribution is -2.32. The van der Waals surface area contributed by atoms with E-state index in [0.29, 0.717) is 41.6 Å². The first-order valence-corrected chi connectivity index (χ1v) is 11.5. The summed E-state index contributed by atoms with van der Waals surface area (Å²) in [7, 11) is 0. The third-order valence-electron chi connectivity index (χ3n) is 5.73. The van der Waals surface area contributed by atoms with Crippen LogP contribution in [-0.2, 0) is 17.9 Å². The van der Waals surface area contributed by atoms with Crippen LogP contribution in [0.2, 0.25) is 5.02 Å². The molecule has 0 saturated carbocycles. The molecule has 0 aliphatic carbocycles. The number of furan rings is 1. The SMILES string of the molecule is O=C(NCc1ccc(Cl)cc1)C1CCN(Cc2nc3c(oc4ccc(Br)cc43)c(=O)[nH]2)C1. The summed E-state index contributed by atoms with van der Waals surface area (Å²) in [4.78, 5) is 34.8. The first kappa shape index (κ1) is 21.2. The number of nitrogens with one attached hydrogen (secondary N) is 2. The second kappa shape index (κ2) is 8.69. The molecule has 2 aromatic carbocycles. The standard InChI is InChI=1S/C23H20BrClN4O3/c24-15-3-6-18-17(9-15)20-21(32-18)23(31)28-19(27-20)12-29-8-7-14(11-29)22(30)26-10-13-1-4-16(25)5-2-13/h1-6,9,14H,7-8,10-12H2,(H,26,30)(H,27,28,31). The van der Waals surface area contributed by atoms with Gasteiger partial charge in [0.15, 0.2) is 0 Å². The van der Waals surface area contributed by atoms with Gasteiger partial charge in [0.05, 0.1) is 12.5 Å². The molecule has 2 N–H and O–H groups in total. The Labute approximate surface area is 196 Å². The van der Waals surface area contributed by atoms with Crippen LogP contribution in [0, 0.1) is 5.92 Å². The van der Waals surface area contributed by atoms with Gasteiger partial charge in [-0.25, -0.2) is 4.98 Å². The highest BCUT2D eigenvalue weighted by molar-refractivity contribution is 9.10. The maximum absolute atomic E-state index is 12.6. The lowest BCUT2D eigenvalue weighted by molar-refractivity contribution is -0.124. The number of carbonyl (C=O) groups excluding carboxylic acids is 1. The summed E-state index contributed by atoms with van der Waals surface area (Å²) in [6.45, 7) is 2.32. The van der Waals surface area contributed by atoms with Crippen molar-refractivity contribution in [1.82, 2.24) is 20.2 Å². The van der Waals surface area contributed by atoms with Crippen molar-refractivity contribution in [3.8, 4) is 0 Å². The molecule has 4 aromatic rings. The Bertz CT molecular complexity index is 1370. The van der Waals surface area contributed by atoms with Gasteiger partial charge in [-0.05, 0) is 48.9 Å². The van der Waals surface area contributed by atoms with Gasteiger partial charge >= 0.3 is 0 Å². The Hall–Kier alpha value is -2.68. The van der Waals surface area contributed by atoms with Gasteiger partial charge < -0.3 is 14.7 Å². The number of nitrogens with zero attached hydrogens (tertiary/aromatic N) is 2. The molecule has 1 unspecified atom stereocenters. The van der Waals surface area contributed by atoms with Crippen LogP contribution in [0.25, 0.3) is 22.1 Å². The molecule has 1 aliphatic heterocycles. The zero-order valence-electron chi connectivity index (χ0n) is 17.0. The molecule has 1 saturated heterocycles. The summed E-state index contributed by atoms with van der Waals surface area (Å²) in [5.41, 5.74) is 2.11. The fourth-order valence-electron chi connectivity index (χ4n) is 4.09. The van der Waals surface area contributed by atoms with E-state index in [2.05, 4.69) is 36.1 Å². The van der Waals surface area contributed by atoms with Crippen LogP contribution in [0.15, 0.2) is 56.1 Å². The van der Waals surface area contributed by atoms with Crippen LogP contribution in [-0.4, -0.2) is 33.9 Å². The number of carbonyl (C=O) groups is 1. The lowest BCUT2D eigenvalue weighted by Gasteiger charge is -2.15. The first-order valence-electron chi connectivity index (χ1n) is 10.3. The van der Waals surface area contributed by atoms with E-state index in [-0.39, 0.29) is 23.0 Å². The van der Waals surface area contributed by atoms with Crippen molar-refractivity contribution < 1.29 is 9.21 Å². The van der Waals surface area contributed by atoms with E-state index < -0.39 is 0 Å². The molecule has 5 rings (SSSR count). The Morgan fingerprint density at radius 2 is 2.09 bits per heavy atom. The minimum absolute atomic E-state index is 0.0324. The monoisotopic (exact) mass is 514 g/mol. The minimum atomic E-state index is -0.297. The molecule has 7 nitrogen and oxygen atoms in total. The van der Waals surface area contributed by atoms with E-state index in [1.54, 1.807) is 0 Å². The Morgan fingerprint density at radius 1 is 1.28 bits per heavy atom. The molecule has 164 valence electrons. The topological polar surface area (TPSA) is 91.2 Å². The Morgan fingerprint density at radius 3 is 2.91 bits per heavy atom. The fourth-order valence-corrected chi connectivity index (χ4v) is 4.57. The normalized spacial score (nSPS) is 16.8. The van der Waals surface area contributed by atoms with Crippen LogP contribution in [0.1, 0.15) is 17.8 Å². The molecule has 9 heteroatoms. The lowest BCUT2D eigenvalue weighted by atomic mass is 10.1. The molecule has 2 aromatic heterocycles. The number of fused-ring (bicyclic) bond motifs is 3. The number of benzene rings is 2. The number of hydrogen-bond acceptors (Lipinski definition) is 5. The number of likely N-dealkylation sites (tertiary alicyclic amines) is 1. The van der Waals surface area contributed by atoms with Crippen LogP contribution < -0.4 is 10.9 Å². The predicted molar refractivity (Wildman–Crippen MR) is 127 cm³/mol. The van der Waals surface area contributed by atoms with Crippen molar-refractivity contribution >= 4 is 55.5 Å². The van der Waals surface area contributed by atoms with Crippen molar-refractivity contribution in [3.05, 3.63) is 73.7 Å². The largest absolute Gasteiger partial charge is 0.449 e. The highest BCUT2D eigenvalue weighted by Gasteiger charge is 2.28.